The number of nitrogens with zero attached hydrogens (tertiary/aromatic N) is 2. The van der Waals surface area contributed by atoms with Gasteiger partial charge in [-0.15, -0.1) is 0 Å². The van der Waals surface area contributed by atoms with Crippen molar-refractivity contribution >= 4 is 5.91 Å². The number of hydrogen-bond acceptors (Lipinski definition) is 4. The van der Waals surface area contributed by atoms with Crippen molar-refractivity contribution in [3.8, 4) is 11.5 Å². The molecule has 0 aliphatic heterocycles. The second kappa shape index (κ2) is 7.67. The summed E-state index contributed by atoms with van der Waals surface area (Å²) in [7, 11) is 3.22. The summed E-state index contributed by atoms with van der Waals surface area (Å²) in [5, 5.41) is 7.25. The van der Waals surface area contributed by atoms with Gasteiger partial charge in [0.1, 0.15) is 11.5 Å². The molecule has 6 heteroatoms. The van der Waals surface area contributed by atoms with Gasteiger partial charge in [-0.05, 0) is 38.1 Å². The summed E-state index contributed by atoms with van der Waals surface area (Å²) >= 11 is 0. The number of methoxy groups -OCH3 is 2. The molecule has 1 aromatic heterocycles. The van der Waals surface area contributed by atoms with Gasteiger partial charge in [0, 0.05) is 24.7 Å². The van der Waals surface area contributed by atoms with E-state index in [4.69, 9.17) is 9.47 Å². The third-order valence-corrected chi connectivity index (χ3v) is 3.62. The number of hydrogen-bond donors (Lipinski definition) is 1. The second-order valence-corrected chi connectivity index (χ2v) is 5.37. The molecule has 124 valence electrons. The van der Waals surface area contributed by atoms with Crippen LogP contribution in [0.15, 0.2) is 30.5 Å². The highest BCUT2D eigenvalue weighted by Gasteiger charge is 2.15. The van der Waals surface area contributed by atoms with E-state index in [-0.39, 0.29) is 11.9 Å². The van der Waals surface area contributed by atoms with E-state index in [1.54, 1.807) is 18.9 Å². The van der Waals surface area contributed by atoms with Crippen molar-refractivity contribution in [2.45, 2.75) is 32.9 Å². The van der Waals surface area contributed by atoms with Crippen LogP contribution in [0.25, 0.3) is 0 Å². The third-order valence-electron chi connectivity index (χ3n) is 3.62. The first-order valence-corrected chi connectivity index (χ1v) is 7.55. The van der Waals surface area contributed by atoms with Crippen molar-refractivity contribution in [3.63, 3.8) is 0 Å². The number of aromatic nitrogens is 2. The molecule has 6 nitrogen and oxygen atoms in total. The molecule has 2 rings (SSSR count). The Labute approximate surface area is 136 Å². The monoisotopic (exact) mass is 317 g/mol. The van der Waals surface area contributed by atoms with E-state index in [1.165, 1.54) is 0 Å². The van der Waals surface area contributed by atoms with Crippen LogP contribution in [0.4, 0.5) is 0 Å². The Morgan fingerprint density at radius 1 is 1.30 bits per heavy atom. The molecule has 1 aromatic carbocycles. The summed E-state index contributed by atoms with van der Waals surface area (Å²) in [6.45, 7) is 4.41. The summed E-state index contributed by atoms with van der Waals surface area (Å²) in [5.74, 6) is 1.42. The third kappa shape index (κ3) is 4.48. The number of amides is 1. The fourth-order valence-corrected chi connectivity index (χ4v) is 2.37. The largest absolute Gasteiger partial charge is 0.497 e. The Hall–Kier alpha value is -2.50. The summed E-state index contributed by atoms with van der Waals surface area (Å²) in [6.07, 6.45) is 2.24. The maximum atomic E-state index is 12.1. The quantitative estimate of drug-likeness (QED) is 0.852. The Morgan fingerprint density at radius 2 is 2.09 bits per heavy atom. The van der Waals surface area contributed by atoms with Gasteiger partial charge in [0.05, 0.1) is 26.0 Å². The summed E-state index contributed by atoms with van der Waals surface area (Å²) in [5.41, 5.74) is 1.83. The second-order valence-electron chi connectivity index (χ2n) is 5.37. The van der Waals surface area contributed by atoms with Gasteiger partial charge in [0.15, 0.2) is 0 Å². The fraction of sp³-hybridized carbons (Fsp3) is 0.412. The predicted molar refractivity (Wildman–Crippen MR) is 87.7 cm³/mol. The van der Waals surface area contributed by atoms with E-state index in [1.807, 2.05) is 44.3 Å². The minimum Gasteiger partial charge on any atom is -0.497 e. The van der Waals surface area contributed by atoms with Gasteiger partial charge < -0.3 is 14.8 Å². The Kier molecular flexibility index (Phi) is 5.62. The lowest BCUT2D eigenvalue weighted by Gasteiger charge is -2.18. The summed E-state index contributed by atoms with van der Waals surface area (Å²) in [6, 6.07) is 7.29. The minimum atomic E-state index is -0.174. The van der Waals surface area contributed by atoms with E-state index in [2.05, 4.69) is 10.4 Å². The lowest BCUT2D eigenvalue weighted by atomic mass is 10.1. The van der Waals surface area contributed by atoms with Gasteiger partial charge in [0.25, 0.3) is 0 Å². The number of aryl methyl sites for hydroxylation is 2. The normalized spacial score (nSPS) is 11.8. The molecule has 0 spiro atoms. The van der Waals surface area contributed by atoms with Crippen molar-refractivity contribution in [2.75, 3.05) is 14.2 Å². The summed E-state index contributed by atoms with van der Waals surface area (Å²) in [4.78, 5) is 12.1. The molecular formula is C17H23N3O3. The topological polar surface area (TPSA) is 65.4 Å². The molecular weight excluding hydrogens is 294 g/mol. The van der Waals surface area contributed by atoms with Crippen LogP contribution in [0.2, 0.25) is 0 Å². The lowest BCUT2D eigenvalue weighted by molar-refractivity contribution is -0.122. The van der Waals surface area contributed by atoms with Crippen LogP contribution in [0.1, 0.15) is 30.6 Å². The Balaban J connectivity index is 1.97. The van der Waals surface area contributed by atoms with Gasteiger partial charge in [-0.3, -0.25) is 9.48 Å². The van der Waals surface area contributed by atoms with E-state index >= 15 is 0 Å². The average molecular weight is 317 g/mol. The van der Waals surface area contributed by atoms with E-state index in [9.17, 15) is 4.79 Å². The van der Waals surface area contributed by atoms with Crippen molar-refractivity contribution < 1.29 is 14.3 Å². The first-order valence-electron chi connectivity index (χ1n) is 7.55. The first-order chi connectivity index (χ1) is 11.0. The van der Waals surface area contributed by atoms with Crippen LogP contribution in [-0.4, -0.2) is 29.9 Å². The zero-order chi connectivity index (χ0) is 16.8. The lowest BCUT2D eigenvalue weighted by Crippen LogP contribution is -2.27. The van der Waals surface area contributed by atoms with Crippen LogP contribution < -0.4 is 14.8 Å². The van der Waals surface area contributed by atoms with Crippen molar-refractivity contribution in [1.29, 1.82) is 0 Å². The predicted octanol–water partition coefficient (Wildman–Crippen LogP) is 2.48. The zero-order valence-electron chi connectivity index (χ0n) is 14.0. The van der Waals surface area contributed by atoms with Crippen molar-refractivity contribution in [1.82, 2.24) is 15.1 Å². The molecule has 1 heterocycles. The van der Waals surface area contributed by atoms with Crippen molar-refractivity contribution in [2.24, 2.45) is 0 Å². The Morgan fingerprint density at radius 3 is 2.70 bits per heavy atom. The maximum Gasteiger partial charge on any atom is 0.222 e. The number of ether oxygens (including phenoxy) is 2. The molecule has 0 aliphatic rings. The van der Waals surface area contributed by atoms with Gasteiger partial charge in [-0.25, -0.2) is 0 Å². The van der Waals surface area contributed by atoms with Crippen LogP contribution in [0, 0.1) is 6.92 Å². The highest BCUT2D eigenvalue weighted by atomic mass is 16.5. The highest BCUT2D eigenvalue weighted by molar-refractivity contribution is 5.76. The molecule has 1 atom stereocenters. The molecule has 0 fully saturated rings. The van der Waals surface area contributed by atoms with Crippen LogP contribution >= 0.6 is 0 Å². The van der Waals surface area contributed by atoms with E-state index < -0.39 is 0 Å². The molecule has 0 aliphatic carbocycles. The number of nitrogens with one attached hydrogen (secondary N) is 1. The molecule has 0 bridgehead atoms. The average Bonchev–Trinajstić information content (AvgIpc) is 2.97. The van der Waals surface area contributed by atoms with Crippen LogP contribution in [0.5, 0.6) is 11.5 Å². The van der Waals surface area contributed by atoms with Crippen molar-refractivity contribution in [3.05, 3.63) is 41.7 Å². The van der Waals surface area contributed by atoms with Gasteiger partial charge in [-0.2, -0.15) is 5.10 Å². The van der Waals surface area contributed by atoms with E-state index in [0.717, 1.165) is 22.8 Å². The molecule has 0 saturated heterocycles. The number of carbonyl (C=O) groups excluding carboxylic acids is 1. The molecule has 2 aromatic rings. The fourth-order valence-electron chi connectivity index (χ4n) is 2.37. The standard InChI is InChI=1S/C17H23N3O3/c1-12-7-9-20(19-12)10-8-17(21)18-13(2)15-11-14(22-3)5-6-16(15)23-4/h5-7,9,11,13H,8,10H2,1-4H3,(H,18,21)/t13-/m0/s1. The molecule has 0 saturated carbocycles. The Bertz CT molecular complexity index is 667. The number of carbonyl (C=O) groups is 1. The van der Waals surface area contributed by atoms with Gasteiger partial charge in [-0.1, -0.05) is 0 Å². The van der Waals surface area contributed by atoms with Gasteiger partial charge >= 0.3 is 0 Å². The molecule has 1 N–H and O–H groups in total. The molecule has 0 radical (unpaired) electrons. The minimum absolute atomic E-state index is 0.0319. The zero-order valence-corrected chi connectivity index (χ0v) is 14.0. The highest BCUT2D eigenvalue weighted by Crippen LogP contribution is 2.29. The smallest absolute Gasteiger partial charge is 0.222 e. The SMILES string of the molecule is COc1ccc(OC)c([C@H](C)NC(=O)CCn2ccc(C)n2)c1. The summed E-state index contributed by atoms with van der Waals surface area (Å²) < 4.78 is 12.4. The molecule has 0 unspecified atom stereocenters. The van der Waals surface area contributed by atoms with Crippen LogP contribution in [0.3, 0.4) is 0 Å². The number of benzene rings is 1. The number of rotatable bonds is 7. The van der Waals surface area contributed by atoms with Gasteiger partial charge in [0.2, 0.25) is 5.91 Å². The maximum absolute atomic E-state index is 12.1. The molecule has 1 amide bonds. The first kappa shape index (κ1) is 16.9. The van der Waals surface area contributed by atoms with E-state index in [0.29, 0.717) is 13.0 Å². The molecule has 23 heavy (non-hydrogen) atoms. The van der Waals surface area contributed by atoms with Crippen LogP contribution in [-0.2, 0) is 11.3 Å².